The van der Waals surface area contributed by atoms with Gasteiger partial charge >= 0.3 is 0 Å². The van der Waals surface area contributed by atoms with Crippen molar-refractivity contribution in [3.63, 3.8) is 0 Å². The fourth-order valence-corrected chi connectivity index (χ4v) is 1.76. The summed E-state index contributed by atoms with van der Waals surface area (Å²) >= 11 is 0. The van der Waals surface area contributed by atoms with Crippen molar-refractivity contribution in [1.82, 2.24) is 10.3 Å². The standard InChI is InChI=1S/C15H18N2O/c1-12-2-4-14(5-3-12)15(18)11-17-10-13-6-8-16-9-7-13/h2-9,15,17-18H,10-11H2,1H3. The van der Waals surface area contributed by atoms with Crippen LogP contribution in [0, 0.1) is 6.92 Å². The zero-order valence-electron chi connectivity index (χ0n) is 10.5. The van der Waals surface area contributed by atoms with E-state index in [0.717, 1.165) is 12.1 Å². The zero-order chi connectivity index (χ0) is 12.8. The molecule has 0 spiro atoms. The van der Waals surface area contributed by atoms with Crippen molar-refractivity contribution in [3.05, 3.63) is 65.5 Å². The van der Waals surface area contributed by atoms with Gasteiger partial charge in [-0.25, -0.2) is 0 Å². The summed E-state index contributed by atoms with van der Waals surface area (Å²) in [4.78, 5) is 3.97. The van der Waals surface area contributed by atoms with Crippen LogP contribution in [0.1, 0.15) is 22.8 Å². The van der Waals surface area contributed by atoms with Gasteiger partial charge in [-0.1, -0.05) is 29.8 Å². The van der Waals surface area contributed by atoms with E-state index < -0.39 is 6.10 Å². The van der Waals surface area contributed by atoms with Crippen LogP contribution in [0.25, 0.3) is 0 Å². The summed E-state index contributed by atoms with van der Waals surface area (Å²) in [5.41, 5.74) is 3.32. The lowest BCUT2D eigenvalue weighted by atomic mass is 10.1. The first-order chi connectivity index (χ1) is 8.75. The summed E-state index contributed by atoms with van der Waals surface area (Å²) < 4.78 is 0. The molecule has 0 saturated carbocycles. The molecule has 3 heteroatoms. The average Bonchev–Trinajstić information content (AvgIpc) is 2.40. The number of nitrogens with zero attached hydrogens (tertiary/aromatic N) is 1. The largest absolute Gasteiger partial charge is 0.387 e. The molecule has 2 N–H and O–H groups in total. The van der Waals surface area contributed by atoms with Crippen molar-refractivity contribution < 1.29 is 5.11 Å². The van der Waals surface area contributed by atoms with Gasteiger partial charge in [0.2, 0.25) is 0 Å². The van der Waals surface area contributed by atoms with Crippen LogP contribution >= 0.6 is 0 Å². The lowest BCUT2D eigenvalue weighted by Crippen LogP contribution is -2.21. The van der Waals surface area contributed by atoms with Gasteiger partial charge in [0, 0.05) is 25.5 Å². The predicted octanol–water partition coefficient (Wildman–Crippen LogP) is 2.21. The Hall–Kier alpha value is -1.71. The molecule has 0 aliphatic rings. The summed E-state index contributed by atoms with van der Waals surface area (Å²) in [6, 6.07) is 11.9. The van der Waals surface area contributed by atoms with Crippen molar-refractivity contribution in [2.75, 3.05) is 6.54 Å². The first-order valence-electron chi connectivity index (χ1n) is 6.10. The normalized spacial score (nSPS) is 12.3. The number of aliphatic hydroxyl groups excluding tert-OH is 1. The Balaban J connectivity index is 1.81. The minimum atomic E-state index is -0.465. The molecule has 1 heterocycles. The number of benzene rings is 1. The molecule has 2 aromatic rings. The molecule has 1 atom stereocenters. The second-order valence-electron chi connectivity index (χ2n) is 4.41. The highest BCUT2D eigenvalue weighted by Crippen LogP contribution is 2.12. The van der Waals surface area contributed by atoms with Gasteiger partial charge in [-0.15, -0.1) is 0 Å². The highest BCUT2D eigenvalue weighted by atomic mass is 16.3. The number of hydrogen-bond donors (Lipinski definition) is 2. The quantitative estimate of drug-likeness (QED) is 0.845. The number of aryl methyl sites for hydroxylation is 1. The summed E-state index contributed by atoms with van der Waals surface area (Å²) in [5.74, 6) is 0. The number of aliphatic hydroxyl groups is 1. The van der Waals surface area contributed by atoms with Gasteiger partial charge in [-0.3, -0.25) is 4.98 Å². The van der Waals surface area contributed by atoms with Gasteiger partial charge < -0.3 is 10.4 Å². The molecule has 1 aromatic heterocycles. The highest BCUT2D eigenvalue weighted by molar-refractivity contribution is 5.23. The summed E-state index contributed by atoms with van der Waals surface area (Å²) in [6.07, 6.45) is 3.08. The number of nitrogens with one attached hydrogen (secondary N) is 1. The van der Waals surface area contributed by atoms with Gasteiger partial charge in [0.15, 0.2) is 0 Å². The highest BCUT2D eigenvalue weighted by Gasteiger charge is 2.06. The maximum Gasteiger partial charge on any atom is 0.0914 e. The zero-order valence-corrected chi connectivity index (χ0v) is 10.5. The van der Waals surface area contributed by atoms with E-state index in [-0.39, 0.29) is 0 Å². The average molecular weight is 242 g/mol. The fraction of sp³-hybridized carbons (Fsp3) is 0.267. The molecule has 94 valence electrons. The molecule has 0 saturated heterocycles. The first kappa shape index (κ1) is 12.7. The minimum Gasteiger partial charge on any atom is -0.387 e. The number of pyridine rings is 1. The lowest BCUT2D eigenvalue weighted by molar-refractivity contribution is 0.174. The van der Waals surface area contributed by atoms with Crippen molar-refractivity contribution in [2.45, 2.75) is 19.6 Å². The Morgan fingerprint density at radius 2 is 1.78 bits per heavy atom. The van der Waals surface area contributed by atoms with Crippen LogP contribution < -0.4 is 5.32 Å². The number of hydrogen-bond acceptors (Lipinski definition) is 3. The van der Waals surface area contributed by atoms with Gasteiger partial charge in [-0.05, 0) is 30.2 Å². The van der Waals surface area contributed by atoms with Crippen molar-refractivity contribution >= 4 is 0 Å². The van der Waals surface area contributed by atoms with Crippen LogP contribution in [0.15, 0.2) is 48.8 Å². The third-order valence-electron chi connectivity index (χ3n) is 2.88. The van der Waals surface area contributed by atoms with Crippen LogP contribution in [0.3, 0.4) is 0 Å². The van der Waals surface area contributed by atoms with Gasteiger partial charge in [0.05, 0.1) is 6.10 Å². The molecule has 0 aliphatic heterocycles. The van der Waals surface area contributed by atoms with Crippen LogP contribution in [0.4, 0.5) is 0 Å². The Morgan fingerprint density at radius 3 is 2.44 bits per heavy atom. The Bertz CT molecular complexity index is 468. The molecular weight excluding hydrogens is 224 g/mol. The number of rotatable bonds is 5. The Morgan fingerprint density at radius 1 is 1.11 bits per heavy atom. The van der Waals surface area contributed by atoms with Crippen LogP contribution in [0.5, 0.6) is 0 Å². The van der Waals surface area contributed by atoms with Gasteiger partial charge in [-0.2, -0.15) is 0 Å². The van der Waals surface area contributed by atoms with Gasteiger partial charge in [0.1, 0.15) is 0 Å². The maximum atomic E-state index is 10.0. The van der Waals surface area contributed by atoms with E-state index in [1.165, 1.54) is 11.1 Å². The van der Waals surface area contributed by atoms with Crippen molar-refractivity contribution in [1.29, 1.82) is 0 Å². The smallest absolute Gasteiger partial charge is 0.0914 e. The molecule has 0 aliphatic carbocycles. The minimum absolute atomic E-state index is 0.465. The van der Waals surface area contributed by atoms with Crippen molar-refractivity contribution in [2.24, 2.45) is 0 Å². The molecule has 18 heavy (non-hydrogen) atoms. The first-order valence-corrected chi connectivity index (χ1v) is 6.10. The van der Waals surface area contributed by atoms with E-state index in [0.29, 0.717) is 6.54 Å². The maximum absolute atomic E-state index is 10.0. The molecule has 2 rings (SSSR count). The fourth-order valence-electron chi connectivity index (χ4n) is 1.76. The third kappa shape index (κ3) is 3.65. The molecular formula is C15H18N2O. The van der Waals surface area contributed by atoms with E-state index in [4.69, 9.17) is 0 Å². The van der Waals surface area contributed by atoms with Crippen LogP contribution in [0.2, 0.25) is 0 Å². The summed E-state index contributed by atoms with van der Waals surface area (Å²) in [6.45, 7) is 3.33. The SMILES string of the molecule is Cc1ccc(C(O)CNCc2ccncc2)cc1. The van der Waals surface area contributed by atoms with E-state index >= 15 is 0 Å². The molecule has 0 radical (unpaired) electrons. The Labute approximate surface area is 108 Å². The summed E-state index contributed by atoms with van der Waals surface area (Å²) in [7, 11) is 0. The topological polar surface area (TPSA) is 45.1 Å². The molecule has 1 aromatic carbocycles. The van der Waals surface area contributed by atoms with E-state index in [1.54, 1.807) is 12.4 Å². The van der Waals surface area contributed by atoms with E-state index in [9.17, 15) is 5.11 Å². The van der Waals surface area contributed by atoms with E-state index in [1.807, 2.05) is 43.3 Å². The molecule has 0 fully saturated rings. The molecule has 0 amide bonds. The molecule has 3 nitrogen and oxygen atoms in total. The Kier molecular flexibility index (Phi) is 4.45. The van der Waals surface area contributed by atoms with Gasteiger partial charge in [0.25, 0.3) is 0 Å². The second-order valence-corrected chi connectivity index (χ2v) is 4.41. The number of aromatic nitrogens is 1. The predicted molar refractivity (Wildman–Crippen MR) is 72.1 cm³/mol. The van der Waals surface area contributed by atoms with E-state index in [2.05, 4.69) is 10.3 Å². The van der Waals surface area contributed by atoms with Crippen LogP contribution in [-0.2, 0) is 6.54 Å². The molecule has 1 unspecified atom stereocenters. The van der Waals surface area contributed by atoms with Crippen molar-refractivity contribution in [3.8, 4) is 0 Å². The lowest BCUT2D eigenvalue weighted by Gasteiger charge is -2.12. The monoisotopic (exact) mass is 242 g/mol. The summed E-state index contributed by atoms with van der Waals surface area (Å²) in [5, 5.41) is 13.3. The van der Waals surface area contributed by atoms with Crippen LogP contribution in [-0.4, -0.2) is 16.6 Å². The molecule has 0 bridgehead atoms. The third-order valence-corrected chi connectivity index (χ3v) is 2.88. The second kappa shape index (κ2) is 6.28.